The van der Waals surface area contributed by atoms with Gasteiger partial charge in [0.15, 0.2) is 0 Å². The Morgan fingerprint density at radius 3 is 2.81 bits per heavy atom. The van der Waals surface area contributed by atoms with E-state index in [2.05, 4.69) is 4.90 Å². The number of aromatic nitrogens is 1. The van der Waals surface area contributed by atoms with E-state index in [9.17, 15) is 9.59 Å². The molecule has 0 unspecified atom stereocenters. The standard InChI is InChI=1S/C19H28N4O2S/c1-21(2)18(24)12-23-14-8-7-13(19(23)25)9-22(10-14)11-17-20-15-5-3-4-6-16(15)26-17/h13-14H,3-12H2,1-2H3/t13-,14+/m0/s1. The van der Waals surface area contributed by atoms with E-state index < -0.39 is 0 Å². The number of piperidine rings is 1. The van der Waals surface area contributed by atoms with Gasteiger partial charge in [-0.05, 0) is 38.5 Å². The van der Waals surface area contributed by atoms with Crippen LogP contribution in [0, 0.1) is 5.92 Å². The summed E-state index contributed by atoms with van der Waals surface area (Å²) in [6.07, 6.45) is 6.79. The molecule has 1 aromatic rings. The largest absolute Gasteiger partial charge is 0.347 e. The van der Waals surface area contributed by atoms with Gasteiger partial charge < -0.3 is 9.80 Å². The number of likely N-dealkylation sites (N-methyl/N-ethyl adjacent to an activating group) is 1. The Morgan fingerprint density at radius 2 is 2.04 bits per heavy atom. The molecule has 2 bridgehead atoms. The van der Waals surface area contributed by atoms with E-state index in [4.69, 9.17) is 4.98 Å². The van der Waals surface area contributed by atoms with Gasteiger partial charge in [0.05, 0.1) is 18.2 Å². The smallest absolute Gasteiger partial charge is 0.241 e. The Hall–Kier alpha value is -1.47. The third-order valence-electron chi connectivity index (χ3n) is 5.92. The molecular weight excluding hydrogens is 348 g/mol. The molecule has 1 aliphatic carbocycles. The maximum Gasteiger partial charge on any atom is 0.241 e. The molecule has 3 aliphatic heterocycles. The quantitative estimate of drug-likeness (QED) is 0.800. The summed E-state index contributed by atoms with van der Waals surface area (Å²) in [5, 5.41) is 1.20. The molecular formula is C19H28N4O2S. The van der Waals surface area contributed by atoms with Crippen LogP contribution in [0.5, 0.6) is 0 Å². The predicted octanol–water partition coefficient (Wildman–Crippen LogP) is 1.53. The fourth-order valence-corrected chi connectivity index (χ4v) is 5.62. The van der Waals surface area contributed by atoms with Crippen molar-refractivity contribution in [1.29, 1.82) is 0 Å². The molecule has 2 atom stereocenters. The van der Waals surface area contributed by atoms with Crippen molar-refractivity contribution in [2.75, 3.05) is 33.7 Å². The van der Waals surface area contributed by atoms with Crippen LogP contribution in [0.1, 0.15) is 41.3 Å². The van der Waals surface area contributed by atoms with Crippen LogP contribution in [0.2, 0.25) is 0 Å². The van der Waals surface area contributed by atoms with Crippen LogP contribution in [0.4, 0.5) is 0 Å². The maximum atomic E-state index is 12.8. The van der Waals surface area contributed by atoms with E-state index >= 15 is 0 Å². The first kappa shape index (κ1) is 17.9. The Labute approximate surface area is 159 Å². The maximum absolute atomic E-state index is 12.8. The van der Waals surface area contributed by atoms with Crippen LogP contribution < -0.4 is 0 Å². The number of carbonyl (C=O) groups excluding carboxylic acids is 2. The number of thiazole rings is 1. The molecule has 0 aromatic carbocycles. The van der Waals surface area contributed by atoms with Crippen molar-refractivity contribution >= 4 is 23.2 Å². The number of hydrogen-bond acceptors (Lipinski definition) is 5. The molecule has 6 nitrogen and oxygen atoms in total. The zero-order valence-electron chi connectivity index (χ0n) is 15.7. The van der Waals surface area contributed by atoms with Gasteiger partial charge in [-0.2, -0.15) is 0 Å². The number of amides is 2. The van der Waals surface area contributed by atoms with Crippen molar-refractivity contribution in [2.45, 2.75) is 51.1 Å². The lowest BCUT2D eigenvalue weighted by atomic mass is 9.94. The summed E-state index contributed by atoms with van der Waals surface area (Å²) in [6, 6.07) is 0.153. The number of rotatable bonds is 4. The Balaban J connectivity index is 1.46. The number of nitrogens with zero attached hydrogens (tertiary/aromatic N) is 4. The summed E-state index contributed by atoms with van der Waals surface area (Å²) in [7, 11) is 3.50. The zero-order valence-corrected chi connectivity index (χ0v) is 16.6. The normalized spacial score (nSPS) is 25.9. The lowest BCUT2D eigenvalue weighted by Crippen LogP contribution is -2.51. The zero-order chi connectivity index (χ0) is 18.3. The Kier molecular flexibility index (Phi) is 5.01. The third-order valence-corrected chi connectivity index (χ3v) is 7.06. The summed E-state index contributed by atoms with van der Waals surface area (Å²) in [6.45, 7) is 2.71. The SMILES string of the molecule is CN(C)C(=O)CN1C(=O)[C@H]2CC[C@@H]1CN(Cc1nc3c(s1)CCCC3)C2. The molecule has 26 heavy (non-hydrogen) atoms. The highest BCUT2D eigenvalue weighted by atomic mass is 32.1. The second kappa shape index (κ2) is 7.27. The van der Waals surface area contributed by atoms with Crippen molar-refractivity contribution in [2.24, 2.45) is 5.92 Å². The van der Waals surface area contributed by atoms with Crippen LogP contribution in [0.25, 0.3) is 0 Å². The summed E-state index contributed by atoms with van der Waals surface area (Å²) in [5.74, 6) is 0.195. The van der Waals surface area contributed by atoms with Crippen molar-refractivity contribution < 1.29 is 9.59 Å². The Bertz CT molecular complexity index is 678. The van der Waals surface area contributed by atoms with E-state index in [1.807, 2.05) is 16.2 Å². The van der Waals surface area contributed by atoms with Gasteiger partial charge in [-0.15, -0.1) is 11.3 Å². The van der Waals surface area contributed by atoms with E-state index in [1.54, 1.807) is 19.0 Å². The minimum atomic E-state index is 0.00467. The van der Waals surface area contributed by atoms with Gasteiger partial charge in [-0.3, -0.25) is 14.5 Å². The average molecular weight is 377 g/mol. The topological polar surface area (TPSA) is 56.8 Å². The van der Waals surface area contributed by atoms with Gasteiger partial charge >= 0.3 is 0 Å². The van der Waals surface area contributed by atoms with Crippen molar-refractivity contribution in [3.63, 3.8) is 0 Å². The van der Waals surface area contributed by atoms with Crippen LogP contribution in [0.15, 0.2) is 0 Å². The van der Waals surface area contributed by atoms with Gasteiger partial charge in [0.25, 0.3) is 0 Å². The average Bonchev–Trinajstić information content (AvgIpc) is 2.84. The first-order chi connectivity index (χ1) is 12.5. The van der Waals surface area contributed by atoms with Crippen molar-refractivity contribution in [3.05, 3.63) is 15.6 Å². The molecule has 3 saturated heterocycles. The molecule has 0 radical (unpaired) electrons. The molecule has 2 amide bonds. The summed E-state index contributed by atoms with van der Waals surface area (Å²) >= 11 is 1.86. The van der Waals surface area contributed by atoms with E-state index in [-0.39, 0.29) is 30.3 Å². The van der Waals surface area contributed by atoms with Crippen molar-refractivity contribution in [1.82, 2.24) is 19.7 Å². The van der Waals surface area contributed by atoms with Crippen LogP contribution in [0.3, 0.4) is 0 Å². The fourth-order valence-electron chi connectivity index (χ4n) is 4.42. The van der Waals surface area contributed by atoms with E-state index in [1.165, 1.54) is 34.8 Å². The van der Waals surface area contributed by atoms with Gasteiger partial charge in [-0.1, -0.05) is 0 Å². The molecule has 0 saturated carbocycles. The fraction of sp³-hybridized carbons (Fsp3) is 0.737. The number of fused-ring (bicyclic) bond motifs is 5. The number of carbonyl (C=O) groups is 2. The highest BCUT2D eigenvalue weighted by Gasteiger charge is 2.41. The van der Waals surface area contributed by atoms with Gasteiger partial charge in [0.2, 0.25) is 11.8 Å². The second-order valence-electron chi connectivity index (χ2n) is 8.06. The summed E-state index contributed by atoms with van der Waals surface area (Å²) < 4.78 is 0. The van der Waals surface area contributed by atoms with Crippen LogP contribution >= 0.6 is 11.3 Å². The van der Waals surface area contributed by atoms with E-state index in [0.29, 0.717) is 0 Å². The summed E-state index contributed by atoms with van der Waals surface area (Å²) in [4.78, 5) is 37.1. The van der Waals surface area contributed by atoms with Gasteiger partial charge in [0.1, 0.15) is 11.6 Å². The number of aryl methyl sites for hydroxylation is 2. The highest BCUT2D eigenvalue weighted by Crippen LogP contribution is 2.32. The molecule has 4 heterocycles. The molecule has 4 aliphatic rings. The predicted molar refractivity (Wildman–Crippen MR) is 101 cm³/mol. The third kappa shape index (κ3) is 3.51. The minimum Gasteiger partial charge on any atom is -0.347 e. The monoisotopic (exact) mass is 376 g/mol. The molecule has 142 valence electrons. The molecule has 1 aromatic heterocycles. The van der Waals surface area contributed by atoms with Crippen LogP contribution in [-0.2, 0) is 29.0 Å². The highest BCUT2D eigenvalue weighted by molar-refractivity contribution is 7.11. The molecule has 7 heteroatoms. The molecule has 5 rings (SSSR count). The van der Waals surface area contributed by atoms with Gasteiger partial charge in [0, 0.05) is 38.1 Å². The van der Waals surface area contributed by atoms with Gasteiger partial charge in [-0.25, -0.2) is 4.98 Å². The van der Waals surface area contributed by atoms with Crippen molar-refractivity contribution in [3.8, 4) is 0 Å². The lowest BCUT2D eigenvalue weighted by Gasteiger charge is -2.36. The molecule has 0 spiro atoms. The first-order valence-corrected chi connectivity index (χ1v) is 10.5. The molecule has 3 fully saturated rings. The summed E-state index contributed by atoms with van der Waals surface area (Å²) in [5.41, 5.74) is 1.31. The lowest BCUT2D eigenvalue weighted by molar-refractivity contribution is -0.145. The van der Waals surface area contributed by atoms with Crippen LogP contribution in [-0.4, -0.2) is 71.3 Å². The van der Waals surface area contributed by atoms with E-state index in [0.717, 1.165) is 38.9 Å². The first-order valence-electron chi connectivity index (χ1n) is 9.71. The number of hydrogen-bond donors (Lipinski definition) is 0. The second-order valence-corrected chi connectivity index (χ2v) is 9.23. The Morgan fingerprint density at radius 1 is 1.23 bits per heavy atom. The molecule has 0 N–H and O–H groups in total. The minimum absolute atomic E-state index is 0.00467.